The molecule has 19 heavy (non-hydrogen) atoms. The van der Waals surface area contributed by atoms with E-state index in [9.17, 15) is 4.79 Å². The molecule has 0 radical (unpaired) electrons. The molecule has 1 amide bonds. The van der Waals surface area contributed by atoms with Crippen molar-refractivity contribution in [2.45, 2.75) is 4.90 Å². The molecule has 2 rings (SSSR count). The van der Waals surface area contributed by atoms with Crippen molar-refractivity contribution < 1.29 is 9.90 Å². The highest BCUT2D eigenvalue weighted by Gasteiger charge is 2.06. The molecule has 0 heterocycles. The van der Waals surface area contributed by atoms with Crippen molar-refractivity contribution in [1.82, 2.24) is 0 Å². The smallest absolute Gasteiger partial charge is 0.288 e. The first-order valence-corrected chi connectivity index (χ1v) is 6.85. The van der Waals surface area contributed by atoms with E-state index in [2.05, 4.69) is 5.32 Å². The maximum Gasteiger partial charge on any atom is 0.288 e. The molecule has 0 aliphatic heterocycles. The van der Waals surface area contributed by atoms with E-state index in [1.807, 2.05) is 0 Å². The molecule has 0 aliphatic carbocycles. The number of benzene rings is 2. The third kappa shape index (κ3) is 4.06. The minimum Gasteiger partial charge on any atom is -0.508 e. The normalized spacial score (nSPS) is 10.2. The second-order valence-electron chi connectivity index (χ2n) is 3.64. The number of rotatable bonds is 2. The number of carbonyl (C=O) groups is 1. The molecule has 98 valence electrons. The number of amides is 1. The fraction of sp³-hybridized carbons (Fsp3) is 0. The Morgan fingerprint density at radius 1 is 1.05 bits per heavy atom. The number of phenolic OH excluding ortho intramolecular Hbond substituents is 1. The Morgan fingerprint density at radius 3 is 2.37 bits per heavy atom. The van der Waals surface area contributed by atoms with Crippen LogP contribution in [0.5, 0.6) is 5.75 Å². The number of nitrogens with one attached hydrogen (secondary N) is 1. The van der Waals surface area contributed by atoms with Gasteiger partial charge in [-0.3, -0.25) is 4.79 Å². The first-order chi connectivity index (χ1) is 9.04. The highest BCUT2D eigenvalue weighted by molar-refractivity contribution is 8.13. The van der Waals surface area contributed by atoms with Gasteiger partial charge in [0.2, 0.25) is 0 Å². The Labute approximate surface area is 124 Å². The maximum absolute atomic E-state index is 11.8. The predicted molar refractivity (Wildman–Crippen MR) is 79.4 cm³/mol. The van der Waals surface area contributed by atoms with Gasteiger partial charge in [-0.05, 0) is 54.2 Å². The number of anilines is 1. The molecule has 0 unspecified atom stereocenters. The number of hydrogen-bond acceptors (Lipinski definition) is 3. The summed E-state index contributed by atoms with van der Waals surface area (Å²) in [6, 6.07) is 11.2. The van der Waals surface area contributed by atoms with Gasteiger partial charge in [0, 0.05) is 10.6 Å². The quantitative estimate of drug-likeness (QED) is 0.765. The van der Waals surface area contributed by atoms with Crippen molar-refractivity contribution in [1.29, 1.82) is 0 Å². The lowest BCUT2D eigenvalue weighted by Crippen LogP contribution is -2.04. The maximum atomic E-state index is 11.8. The van der Waals surface area contributed by atoms with Crippen LogP contribution in [0.25, 0.3) is 0 Å². The Kier molecular flexibility index (Phi) is 4.58. The lowest BCUT2D eigenvalue weighted by atomic mass is 10.3. The fourth-order valence-corrected chi connectivity index (χ4v) is 2.29. The van der Waals surface area contributed by atoms with Gasteiger partial charge in [0.05, 0.1) is 10.0 Å². The van der Waals surface area contributed by atoms with Crippen molar-refractivity contribution in [3.8, 4) is 5.75 Å². The van der Waals surface area contributed by atoms with Crippen LogP contribution >= 0.6 is 35.0 Å². The summed E-state index contributed by atoms with van der Waals surface area (Å²) in [5.74, 6) is 0.161. The van der Waals surface area contributed by atoms with E-state index in [1.54, 1.807) is 30.3 Å². The van der Waals surface area contributed by atoms with Crippen LogP contribution in [0.2, 0.25) is 10.0 Å². The van der Waals surface area contributed by atoms with Gasteiger partial charge in [-0.25, -0.2) is 0 Å². The van der Waals surface area contributed by atoms with Gasteiger partial charge in [0.1, 0.15) is 5.75 Å². The van der Waals surface area contributed by atoms with E-state index < -0.39 is 0 Å². The number of phenols is 1. The number of carbonyl (C=O) groups excluding carboxylic acids is 1. The van der Waals surface area contributed by atoms with Crippen LogP contribution in [0.4, 0.5) is 10.5 Å². The standard InChI is InChI=1S/C13H9Cl2NO2S/c14-11-6-1-8(7-12(11)15)16-13(18)19-10-4-2-9(17)3-5-10/h1-7,17H,(H,16,18). The average Bonchev–Trinajstić information content (AvgIpc) is 2.37. The van der Waals surface area contributed by atoms with Gasteiger partial charge < -0.3 is 10.4 Å². The van der Waals surface area contributed by atoms with Crippen LogP contribution in [0.15, 0.2) is 47.4 Å². The van der Waals surface area contributed by atoms with Crippen LogP contribution < -0.4 is 5.32 Å². The SMILES string of the molecule is O=C(Nc1ccc(Cl)c(Cl)c1)Sc1ccc(O)cc1. The van der Waals surface area contributed by atoms with Crippen molar-refractivity contribution in [3.63, 3.8) is 0 Å². The molecule has 2 N–H and O–H groups in total. The minimum atomic E-state index is -0.246. The second-order valence-corrected chi connectivity index (χ2v) is 5.50. The predicted octanol–water partition coefficient (Wildman–Crippen LogP) is 5.02. The molecule has 2 aromatic carbocycles. The summed E-state index contributed by atoms with van der Waals surface area (Å²) in [4.78, 5) is 12.5. The average molecular weight is 314 g/mol. The number of aromatic hydroxyl groups is 1. The van der Waals surface area contributed by atoms with Gasteiger partial charge in [0.15, 0.2) is 0 Å². The Bertz CT molecular complexity index is 602. The van der Waals surface area contributed by atoms with Gasteiger partial charge in [-0.1, -0.05) is 23.2 Å². The number of hydrogen-bond donors (Lipinski definition) is 2. The third-order valence-electron chi connectivity index (χ3n) is 2.21. The highest BCUT2D eigenvalue weighted by Crippen LogP contribution is 2.27. The van der Waals surface area contributed by atoms with E-state index >= 15 is 0 Å². The molecule has 2 aromatic rings. The number of thioether (sulfide) groups is 1. The summed E-state index contributed by atoms with van der Waals surface area (Å²) in [5, 5.41) is 12.4. The van der Waals surface area contributed by atoms with Crippen molar-refractivity contribution in [2.24, 2.45) is 0 Å². The molecular formula is C13H9Cl2NO2S. The van der Waals surface area contributed by atoms with Gasteiger partial charge in [0.25, 0.3) is 5.24 Å². The van der Waals surface area contributed by atoms with E-state index in [0.717, 1.165) is 16.7 Å². The zero-order chi connectivity index (χ0) is 13.8. The molecule has 0 spiro atoms. The molecule has 0 atom stereocenters. The lowest BCUT2D eigenvalue weighted by Gasteiger charge is -2.06. The Morgan fingerprint density at radius 2 is 1.74 bits per heavy atom. The Balaban J connectivity index is 2.01. The van der Waals surface area contributed by atoms with Crippen LogP contribution in [-0.2, 0) is 0 Å². The summed E-state index contributed by atoms with van der Waals surface area (Å²) < 4.78 is 0. The number of halogens is 2. The molecule has 0 aliphatic rings. The summed E-state index contributed by atoms with van der Waals surface area (Å²) in [6.45, 7) is 0. The summed E-state index contributed by atoms with van der Waals surface area (Å²) in [6.07, 6.45) is 0. The molecule has 0 saturated heterocycles. The van der Waals surface area contributed by atoms with Gasteiger partial charge >= 0.3 is 0 Å². The Hall–Kier alpha value is -1.36. The molecule has 0 aromatic heterocycles. The zero-order valence-electron chi connectivity index (χ0n) is 9.56. The monoisotopic (exact) mass is 313 g/mol. The summed E-state index contributed by atoms with van der Waals surface area (Å²) >= 11 is 12.7. The fourth-order valence-electron chi connectivity index (χ4n) is 1.34. The van der Waals surface area contributed by atoms with Crippen LogP contribution in [0, 0.1) is 0 Å². The molecule has 6 heteroatoms. The minimum absolute atomic E-state index is 0.161. The molecule has 0 fully saturated rings. The topological polar surface area (TPSA) is 49.3 Å². The van der Waals surface area contributed by atoms with Crippen molar-refractivity contribution >= 4 is 45.9 Å². The zero-order valence-corrected chi connectivity index (χ0v) is 11.9. The van der Waals surface area contributed by atoms with E-state index in [-0.39, 0.29) is 11.0 Å². The van der Waals surface area contributed by atoms with Crippen molar-refractivity contribution in [3.05, 3.63) is 52.5 Å². The molecule has 0 saturated carbocycles. The van der Waals surface area contributed by atoms with E-state index in [1.165, 1.54) is 12.1 Å². The first kappa shape index (κ1) is 14.1. The van der Waals surface area contributed by atoms with Gasteiger partial charge in [-0.2, -0.15) is 0 Å². The van der Waals surface area contributed by atoms with E-state index in [0.29, 0.717) is 15.7 Å². The van der Waals surface area contributed by atoms with E-state index in [4.69, 9.17) is 28.3 Å². The third-order valence-corrected chi connectivity index (χ3v) is 3.75. The largest absolute Gasteiger partial charge is 0.508 e. The van der Waals surface area contributed by atoms with Crippen LogP contribution in [0.3, 0.4) is 0 Å². The highest BCUT2D eigenvalue weighted by atomic mass is 35.5. The van der Waals surface area contributed by atoms with Crippen molar-refractivity contribution in [2.75, 3.05) is 5.32 Å². The van der Waals surface area contributed by atoms with Gasteiger partial charge in [-0.15, -0.1) is 0 Å². The molecular weight excluding hydrogens is 305 g/mol. The lowest BCUT2D eigenvalue weighted by molar-refractivity contribution is 0.270. The van der Waals surface area contributed by atoms with Crippen LogP contribution in [0.1, 0.15) is 0 Å². The van der Waals surface area contributed by atoms with Crippen LogP contribution in [-0.4, -0.2) is 10.3 Å². The molecule has 3 nitrogen and oxygen atoms in total. The first-order valence-electron chi connectivity index (χ1n) is 5.27. The summed E-state index contributed by atoms with van der Waals surface area (Å²) in [5.41, 5.74) is 0.575. The molecule has 0 bridgehead atoms. The second kappa shape index (κ2) is 6.19. The summed E-state index contributed by atoms with van der Waals surface area (Å²) in [7, 11) is 0.